The molecule has 0 aliphatic carbocycles. The highest BCUT2D eigenvalue weighted by Crippen LogP contribution is 1.94. The van der Waals surface area contributed by atoms with E-state index in [1.807, 2.05) is 6.92 Å². The summed E-state index contributed by atoms with van der Waals surface area (Å²) in [5.41, 5.74) is 0. The van der Waals surface area contributed by atoms with Crippen LogP contribution in [0, 0.1) is 0 Å². The smallest absolute Gasteiger partial charge is 0.256 e. The molecule has 0 spiro atoms. The fraction of sp³-hybridized carbons (Fsp3) is 0.600. The molecule has 1 radical (unpaired) electrons. The van der Waals surface area contributed by atoms with Gasteiger partial charge in [-0.25, -0.2) is 0 Å². The maximum absolute atomic E-state index is 11.2. The second-order valence-corrected chi connectivity index (χ2v) is 1.30. The molecule has 0 aliphatic heterocycles. The fourth-order valence-corrected chi connectivity index (χ4v) is 0.258. The van der Waals surface area contributed by atoms with Crippen molar-refractivity contribution < 1.29 is 9.50 Å². The lowest BCUT2D eigenvalue weighted by Gasteiger charge is -1.77. The Morgan fingerprint density at radius 1 is 1.86 bits per heavy atom. The van der Waals surface area contributed by atoms with Gasteiger partial charge < -0.3 is 0 Å². The third kappa shape index (κ3) is 5.47. The van der Waals surface area contributed by atoms with Gasteiger partial charge in [-0.2, -0.15) is 4.39 Å². The Morgan fingerprint density at radius 2 is 2.43 bits per heavy atom. The molecule has 0 rings (SSSR count). The van der Waals surface area contributed by atoms with Crippen LogP contribution in [-0.4, -0.2) is 0 Å². The van der Waals surface area contributed by atoms with Gasteiger partial charge in [-0.05, 0) is 12.5 Å². The zero-order valence-electron chi connectivity index (χ0n) is 4.28. The molecule has 0 aromatic carbocycles. The second-order valence-electron chi connectivity index (χ2n) is 1.30. The third-order valence-electron chi connectivity index (χ3n) is 0.593. The summed E-state index contributed by atoms with van der Waals surface area (Å²) in [4.78, 5) is 0. The van der Waals surface area contributed by atoms with Gasteiger partial charge in [0.15, 0.2) is 0 Å². The van der Waals surface area contributed by atoms with E-state index in [0.717, 1.165) is 12.5 Å². The van der Waals surface area contributed by atoms with E-state index in [1.54, 1.807) is 0 Å². The first-order valence-corrected chi connectivity index (χ1v) is 2.30. The molecule has 41 valence electrons. The van der Waals surface area contributed by atoms with Crippen LogP contribution in [0.4, 0.5) is 4.39 Å². The molecule has 0 aliphatic rings. The first-order valence-electron chi connectivity index (χ1n) is 2.30. The van der Waals surface area contributed by atoms with Gasteiger partial charge >= 0.3 is 6.01 Å². The van der Waals surface area contributed by atoms with E-state index in [9.17, 15) is 9.50 Å². The Kier molecular flexibility index (Phi) is 3.38. The number of hydrogen-bond acceptors (Lipinski definition) is 0. The van der Waals surface area contributed by atoms with Gasteiger partial charge in [-0.1, -0.05) is 13.3 Å². The average molecular weight is 103 g/mol. The Morgan fingerprint density at radius 3 is 2.57 bits per heavy atom. The zero-order chi connectivity index (χ0) is 5.70. The summed E-state index contributed by atoms with van der Waals surface area (Å²) in [5, 5.41) is 9.48. The van der Waals surface area contributed by atoms with Crippen LogP contribution in [-0.2, 0) is 5.11 Å². The minimum Gasteiger partial charge on any atom is -0.256 e. The van der Waals surface area contributed by atoms with Gasteiger partial charge in [-0.15, -0.1) is 0 Å². The molecule has 0 amide bonds. The summed E-state index contributed by atoms with van der Waals surface area (Å²) in [5.74, 6) is 0. The zero-order valence-corrected chi connectivity index (χ0v) is 4.28. The quantitative estimate of drug-likeness (QED) is 0.476. The second kappa shape index (κ2) is 3.65. The molecule has 0 aromatic heterocycles. The van der Waals surface area contributed by atoms with Gasteiger partial charge in [0, 0.05) is 0 Å². The van der Waals surface area contributed by atoms with Crippen molar-refractivity contribution in [1.29, 1.82) is 0 Å². The Balaban J connectivity index is 3.08. The fourth-order valence-electron chi connectivity index (χ4n) is 0.258. The van der Waals surface area contributed by atoms with Crippen LogP contribution in [0.25, 0.3) is 0 Å². The Labute approximate surface area is 42.5 Å². The number of hydrogen-bond donors (Lipinski definition) is 0. The van der Waals surface area contributed by atoms with Crippen LogP contribution in [0.15, 0.2) is 12.1 Å². The average Bonchev–Trinajstić information content (AvgIpc) is 1.61. The van der Waals surface area contributed by atoms with Crippen molar-refractivity contribution >= 4 is 0 Å². The van der Waals surface area contributed by atoms with Gasteiger partial charge in [0.25, 0.3) is 0 Å². The lowest BCUT2D eigenvalue weighted by atomic mass is 10.3. The summed E-state index contributed by atoms with van der Waals surface area (Å²) >= 11 is 0. The van der Waals surface area contributed by atoms with Crippen molar-refractivity contribution in [3.05, 3.63) is 12.1 Å². The van der Waals surface area contributed by atoms with Crippen LogP contribution in [0.3, 0.4) is 0 Å². The summed E-state index contributed by atoms with van der Waals surface area (Å²) in [6.45, 7) is 1.89. The van der Waals surface area contributed by atoms with Crippen molar-refractivity contribution in [2.75, 3.05) is 0 Å². The van der Waals surface area contributed by atoms with E-state index >= 15 is 0 Å². The number of halogens is 1. The third-order valence-corrected chi connectivity index (χ3v) is 0.593. The lowest BCUT2D eigenvalue weighted by molar-refractivity contribution is 0.197. The van der Waals surface area contributed by atoms with E-state index in [4.69, 9.17) is 0 Å². The van der Waals surface area contributed by atoms with E-state index in [2.05, 4.69) is 0 Å². The minimum absolute atomic E-state index is 0.551. The molecule has 0 heterocycles. The molecule has 0 N–H and O–H groups in total. The van der Waals surface area contributed by atoms with Gasteiger partial charge in [0.1, 0.15) is 0 Å². The first kappa shape index (κ1) is 6.47. The predicted octanol–water partition coefficient (Wildman–Crippen LogP) is 2.03. The largest absolute Gasteiger partial charge is 0.321 e. The number of rotatable bonds is 2. The van der Waals surface area contributed by atoms with E-state index in [0.29, 0.717) is 6.42 Å². The van der Waals surface area contributed by atoms with Crippen molar-refractivity contribution in [1.82, 2.24) is 0 Å². The van der Waals surface area contributed by atoms with Crippen molar-refractivity contribution in [2.24, 2.45) is 0 Å². The maximum atomic E-state index is 11.2. The van der Waals surface area contributed by atoms with Gasteiger partial charge in [-0.3, -0.25) is 5.11 Å². The predicted molar refractivity (Wildman–Crippen MR) is 24.8 cm³/mol. The summed E-state index contributed by atoms with van der Waals surface area (Å²) in [7, 11) is 0. The maximum Gasteiger partial charge on any atom is 0.321 e. The lowest BCUT2D eigenvalue weighted by Crippen LogP contribution is -1.64. The molecule has 0 unspecified atom stereocenters. The topological polar surface area (TPSA) is 19.9 Å². The van der Waals surface area contributed by atoms with E-state index in [-0.39, 0.29) is 0 Å². The van der Waals surface area contributed by atoms with Crippen molar-refractivity contribution in [3.8, 4) is 0 Å². The normalized spacial score (nSPS) is 12.0. The molecule has 7 heavy (non-hydrogen) atoms. The molecule has 0 saturated carbocycles. The highest BCUT2D eigenvalue weighted by molar-refractivity contribution is 4.77. The van der Waals surface area contributed by atoms with Crippen LogP contribution < -0.4 is 0 Å². The Hall–Kier alpha value is -0.530. The van der Waals surface area contributed by atoms with Crippen LogP contribution in [0.1, 0.15) is 19.8 Å². The molecule has 0 fully saturated rings. The molecule has 0 atom stereocenters. The summed E-state index contributed by atoms with van der Waals surface area (Å²) in [6.07, 6.45) is 2.42. The monoisotopic (exact) mass is 103 g/mol. The minimum atomic E-state index is -1.32. The highest BCUT2D eigenvalue weighted by Gasteiger charge is 1.83. The summed E-state index contributed by atoms with van der Waals surface area (Å²) < 4.78 is 11.2. The molecule has 1 nitrogen and oxygen atoms in total. The van der Waals surface area contributed by atoms with E-state index < -0.39 is 6.01 Å². The molecular weight excluding hydrogens is 95.1 g/mol. The molecule has 0 bridgehead atoms. The first-order chi connectivity index (χ1) is 3.27. The van der Waals surface area contributed by atoms with Gasteiger partial charge in [0.2, 0.25) is 0 Å². The van der Waals surface area contributed by atoms with Gasteiger partial charge in [0.05, 0.1) is 0 Å². The van der Waals surface area contributed by atoms with Crippen LogP contribution in [0.2, 0.25) is 0 Å². The van der Waals surface area contributed by atoms with Crippen LogP contribution in [0.5, 0.6) is 0 Å². The number of unbranched alkanes of at least 4 members (excludes halogenated alkanes) is 1. The standard InChI is InChI=1S/C5H8FO/c1-2-3-4-5(6)7/h4H,2-3H2,1H3. The van der Waals surface area contributed by atoms with Crippen molar-refractivity contribution in [2.45, 2.75) is 19.8 Å². The molecule has 0 aromatic rings. The SMILES string of the molecule is CCCC=C([O])F. The molecule has 0 saturated heterocycles. The van der Waals surface area contributed by atoms with Crippen molar-refractivity contribution in [3.63, 3.8) is 0 Å². The highest BCUT2D eigenvalue weighted by atomic mass is 19.1. The molecular formula is C5H8FO. The summed E-state index contributed by atoms with van der Waals surface area (Å²) in [6, 6.07) is -1.32. The Bertz CT molecular complexity index is 64.5. The molecule has 2 heteroatoms. The van der Waals surface area contributed by atoms with E-state index in [1.165, 1.54) is 0 Å². The van der Waals surface area contributed by atoms with Crippen LogP contribution >= 0.6 is 0 Å². The number of allylic oxidation sites excluding steroid dienone is 1.